The number of carbonyl (C=O) groups excluding carboxylic acids is 1. The summed E-state index contributed by atoms with van der Waals surface area (Å²) < 4.78 is 3.33. The van der Waals surface area contributed by atoms with Crippen molar-refractivity contribution in [3.8, 4) is 0 Å². The van der Waals surface area contributed by atoms with E-state index in [2.05, 4.69) is 26.7 Å². The zero-order valence-corrected chi connectivity index (χ0v) is 15.0. The van der Waals surface area contributed by atoms with Gasteiger partial charge in [-0.2, -0.15) is 0 Å². The summed E-state index contributed by atoms with van der Waals surface area (Å²) in [5.74, 6) is 0.120. The molecule has 0 atom stereocenters. The number of nitrogens with zero attached hydrogens (tertiary/aromatic N) is 4. The molecule has 6 heteroatoms. The Balaban J connectivity index is 1.32. The van der Waals surface area contributed by atoms with E-state index in [-0.39, 0.29) is 5.91 Å². The second-order valence-corrected chi connectivity index (χ2v) is 7.59. The van der Waals surface area contributed by atoms with E-state index in [4.69, 9.17) is 0 Å². The fourth-order valence-corrected chi connectivity index (χ4v) is 4.50. The van der Waals surface area contributed by atoms with Crippen LogP contribution < -0.4 is 0 Å². The maximum Gasteiger partial charge on any atom is 0.253 e. The third-order valence-corrected chi connectivity index (χ3v) is 6.00. The maximum atomic E-state index is 12.9. The molecule has 0 aliphatic carbocycles. The number of imidazole rings is 1. The number of likely N-dealkylation sites (tertiary alicyclic amines) is 1. The van der Waals surface area contributed by atoms with Crippen molar-refractivity contribution in [2.45, 2.75) is 18.9 Å². The lowest BCUT2D eigenvalue weighted by molar-refractivity contribution is 0.0696. The van der Waals surface area contributed by atoms with Crippen molar-refractivity contribution in [3.05, 3.63) is 59.9 Å². The van der Waals surface area contributed by atoms with Gasteiger partial charge in [0.15, 0.2) is 0 Å². The van der Waals surface area contributed by atoms with Crippen LogP contribution in [0.5, 0.6) is 0 Å². The van der Waals surface area contributed by atoms with Crippen LogP contribution in [0.2, 0.25) is 0 Å². The van der Waals surface area contributed by atoms with Gasteiger partial charge in [-0.15, -0.1) is 11.3 Å². The number of fused-ring (bicyclic) bond motifs is 2. The van der Waals surface area contributed by atoms with E-state index in [1.807, 2.05) is 47.1 Å². The Morgan fingerprint density at radius 1 is 1.04 bits per heavy atom. The smallest absolute Gasteiger partial charge is 0.253 e. The fourth-order valence-electron chi connectivity index (χ4n) is 3.79. The lowest BCUT2D eigenvalue weighted by Gasteiger charge is -2.33. The van der Waals surface area contributed by atoms with Crippen molar-refractivity contribution in [1.29, 1.82) is 0 Å². The molecule has 3 heterocycles. The van der Waals surface area contributed by atoms with Gasteiger partial charge in [0.1, 0.15) is 0 Å². The Labute approximate surface area is 154 Å². The van der Waals surface area contributed by atoms with Crippen LogP contribution in [0, 0.1) is 0 Å². The van der Waals surface area contributed by atoms with Gasteiger partial charge in [0.2, 0.25) is 0 Å². The Morgan fingerprint density at radius 3 is 2.77 bits per heavy atom. The average molecular weight is 362 g/mol. The summed E-state index contributed by atoms with van der Waals surface area (Å²) in [5.41, 5.74) is 5.74. The molecule has 26 heavy (non-hydrogen) atoms. The summed E-state index contributed by atoms with van der Waals surface area (Å²) in [7, 11) is 0. The highest BCUT2D eigenvalue weighted by Crippen LogP contribution is 2.28. The molecule has 5 rings (SSSR count). The van der Waals surface area contributed by atoms with Crippen molar-refractivity contribution in [1.82, 2.24) is 19.4 Å². The number of piperidine rings is 1. The maximum absolute atomic E-state index is 12.9. The third-order valence-electron chi connectivity index (χ3n) is 5.20. The van der Waals surface area contributed by atoms with Crippen LogP contribution in [0.15, 0.2) is 54.3 Å². The van der Waals surface area contributed by atoms with E-state index in [1.165, 1.54) is 5.52 Å². The SMILES string of the molecule is O=C(c1ccc2ncsc2c1)N1CCC(n2cnc3ccccc32)CC1. The largest absolute Gasteiger partial charge is 0.338 e. The molecule has 0 bridgehead atoms. The van der Waals surface area contributed by atoms with Gasteiger partial charge in [0.05, 0.1) is 33.1 Å². The van der Waals surface area contributed by atoms with Gasteiger partial charge >= 0.3 is 0 Å². The normalized spacial score (nSPS) is 15.8. The van der Waals surface area contributed by atoms with Gasteiger partial charge < -0.3 is 9.47 Å². The first-order valence-corrected chi connectivity index (χ1v) is 9.72. The Morgan fingerprint density at radius 2 is 1.88 bits per heavy atom. The fraction of sp³-hybridized carbons (Fsp3) is 0.250. The van der Waals surface area contributed by atoms with Crippen molar-refractivity contribution >= 4 is 38.5 Å². The molecule has 2 aromatic heterocycles. The number of para-hydroxylation sites is 2. The summed E-state index contributed by atoms with van der Waals surface area (Å²) in [6.45, 7) is 1.55. The molecular formula is C20H18N4OS. The Bertz CT molecular complexity index is 1090. The molecule has 2 aromatic carbocycles. The van der Waals surface area contributed by atoms with Gasteiger partial charge in [0.25, 0.3) is 5.91 Å². The Kier molecular flexibility index (Phi) is 3.71. The number of thiazole rings is 1. The highest BCUT2D eigenvalue weighted by atomic mass is 32.1. The summed E-state index contributed by atoms with van der Waals surface area (Å²) in [6, 6.07) is 14.4. The van der Waals surface area contributed by atoms with Crippen LogP contribution in [0.1, 0.15) is 29.2 Å². The zero-order chi connectivity index (χ0) is 17.5. The van der Waals surface area contributed by atoms with Crippen LogP contribution in [-0.4, -0.2) is 38.4 Å². The van der Waals surface area contributed by atoms with Crippen molar-refractivity contribution in [3.63, 3.8) is 0 Å². The topological polar surface area (TPSA) is 51.0 Å². The zero-order valence-electron chi connectivity index (χ0n) is 14.2. The van der Waals surface area contributed by atoms with Gasteiger partial charge in [-0.05, 0) is 43.2 Å². The van der Waals surface area contributed by atoms with E-state index >= 15 is 0 Å². The molecule has 130 valence electrons. The van der Waals surface area contributed by atoms with Crippen molar-refractivity contribution < 1.29 is 4.79 Å². The molecule has 1 saturated heterocycles. The van der Waals surface area contributed by atoms with Crippen LogP contribution in [0.25, 0.3) is 21.3 Å². The molecular weight excluding hydrogens is 344 g/mol. The first kappa shape index (κ1) is 15.5. The second-order valence-electron chi connectivity index (χ2n) is 6.70. The van der Waals surface area contributed by atoms with E-state index in [0.29, 0.717) is 6.04 Å². The molecule has 0 unspecified atom stereocenters. The van der Waals surface area contributed by atoms with E-state index in [0.717, 1.165) is 47.2 Å². The summed E-state index contributed by atoms with van der Waals surface area (Å²) in [4.78, 5) is 23.6. The molecule has 1 aliphatic rings. The predicted molar refractivity (Wildman–Crippen MR) is 104 cm³/mol. The monoisotopic (exact) mass is 362 g/mol. The first-order chi connectivity index (χ1) is 12.8. The minimum absolute atomic E-state index is 0.120. The summed E-state index contributed by atoms with van der Waals surface area (Å²) in [6.07, 6.45) is 3.84. The number of amides is 1. The van der Waals surface area contributed by atoms with Crippen LogP contribution in [0.3, 0.4) is 0 Å². The molecule has 0 radical (unpaired) electrons. The molecule has 1 amide bonds. The number of aromatic nitrogens is 3. The first-order valence-electron chi connectivity index (χ1n) is 8.84. The quantitative estimate of drug-likeness (QED) is 0.539. The second kappa shape index (κ2) is 6.21. The molecule has 0 N–H and O–H groups in total. The van der Waals surface area contributed by atoms with Gasteiger partial charge in [0, 0.05) is 24.7 Å². The van der Waals surface area contributed by atoms with E-state index < -0.39 is 0 Å². The Hall–Kier alpha value is -2.73. The number of hydrogen-bond donors (Lipinski definition) is 0. The number of benzene rings is 2. The molecule has 1 fully saturated rings. The lowest BCUT2D eigenvalue weighted by atomic mass is 10.0. The molecule has 5 nitrogen and oxygen atoms in total. The lowest BCUT2D eigenvalue weighted by Crippen LogP contribution is -2.39. The van der Waals surface area contributed by atoms with Crippen LogP contribution in [-0.2, 0) is 0 Å². The van der Waals surface area contributed by atoms with Crippen LogP contribution in [0.4, 0.5) is 0 Å². The predicted octanol–water partition coefficient (Wildman–Crippen LogP) is 4.12. The number of carbonyl (C=O) groups is 1. The third kappa shape index (κ3) is 2.57. The van der Waals surface area contributed by atoms with Crippen molar-refractivity contribution in [2.24, 2.45) is 0 Å². The average Bonchev–Trinajstić information content (AvgIpc) is 3.34. The van der Waals surface area contributed by atoms with E-state index in [1.54, 1.807) is 11.3 Å². The molecule has 0 spiro atoms. The number of hydrogen-bond acceptors (Lipinski definition) is 4. The minimum Gasteiger partial charge on any atom is -0.338 e. The van der Waals surface area contributed by atoms with Crippen LogP contribution >= 0.6 is 11.3 Å². The van der Waals surface area contributed by atoms with Gasteiger partial charge in [-0.1, -0.05) is 12.1 Å². The van der Waals surface area contributed by atoms with E-state index in [9.17, 15) is 4.79 Å². The van der Waals surface area contributed by atoms with Crippen molar-refractivity contribution in [2.75, 3.05) is 13.1 Å². The molecule has 0 saturated carbocycles. The highest BCUT2D eigenvalue weighted by molar-refractivity contribution is 7.16. The minimum atomic E-state index is 0.120. The summed E-state index contributed by atoms with van der Waals surface area (Å²) >= 11 is 1.57. The standard InChI is InChI=1S/C20H18N4OS/c25-20(14-5-6-17-19(11-14)26-13-22-17)23-9-7-15(8-10-23)24-12-21-16-3-1-2-4-18(16)24/h1-6,11-13,15H,7-10H2. The molecule has 4 aromatic rings. The van der Waals surface area contributed by atoms with Gasteiger partial charge in [-0.25, -0.2) is 9.97 Å². The summed E-state index contributed by atoms with van der Waals surface area (Å²) in [5, 5.41) is 0. The highest BCUT2D eigenvalue weighted by Gasteiger charge is 2.25. The van der Waals surface area contributed by atoms with Gasteiger partial charge in [-0.3, -0.25) is 4.79 Å². The number of rotatable bonds is 2. The molecule has 1 aliphatic heterocycles.